The summed E-state index contributed by atoms with van der Waals surface area (Å²) in [4.78, 5) is 12.7. The van der Waals surface area contributed by atoms with Gasteiger partial charge in [0, 0.05) is 10.8 Å². The van der Waals surface area contributed by atoms with Crippen molar-refractivity contribution in [3.05, 3.63) is 94.8 Å². The van der Waals surface area contributed by atoms with E-state index in [1.54, 1.807) is 30.3 Å². The Bertz CT molecular complexity index is 1380. The fourth-order valence-electron chi connectivity index (χ4n) is 3.40. The lowest BCUT2D eigenvalue weighted by Crippen LogP contribution is -2.23. The number of hydrogen-bond acceptors (Lipinski definition) is 5. The highest BCUT2D eigenvalue weighted by Gasteiger charge is 2.28. The number of aromatic nitrogens is 1. The zero-order valence-electron chi connectivity index (χ0n) is 16.1. The van der Waals surface area contributed by atoms with Gasteiger partial charge in [0.1, 0.15) is 10.6 Å². The van der Waals surface area contributed by atoms with Crippen LogP contribution >= 0.6 is 0 Å². The Morgan fingerprint density at radius 2 is 1.47 bits per heavy atom. The van der Waals surface area contributed by atoms with Gasteiger partial charge >= 0.3 is 0 Å². The van der Waals surface area contributed by atoms with Crippen LogP contribution in [0.1, 0.15) is 5.56 Å². The smallest absolute Gasteiger partial charge is 0.261 e. The molecule has 3 aromatic carbocycles. The average Bonchev–Trinajstić information content (AvgIpc) is 2.77. The van der Waals surface area contributed by atoms with Gasteiger partial charge in [-0.3, -0.25) is 9.36 Å². The topological polar surface area (TPSA) is 85.6 Å². The number of rotatable bonds is 5. The van der Waals surface area contributed by atoms with Crippen LogP contribution in [-0.4, -0.2) is 25.2 Å². The van der Waals surface area contributed by atoms with E-state index in [-0.39, 0.29) is 27.1 Å². The summed E-state index contributed by atoms with van der Waals surface area (Å²) in [5.41, 5.74) is 0.304. The van der Waals surface area contributed by atoms with Gasteiger partial charge in [-0.25, -0.2) is 8.42 Å². The average molecular weight is 421 g/mol. The molecule has 0 spiro atoms. The fraction of sp³-hybridized carbons (Fsp3) is 0.0870. The molecule has 0 unspecified atom stereocenters. The van der Waals surface area contributed by atoms with Gasteiger partial charge in [0.25, 0.3) is 5.56 Å². The number of nitrogens with zero attached hydrogens (tertiary/aromatic N) is 1. The van der Waals surface area contributed by atoms with Gasteiger partial charge in [-0.2, -0.15) is 0 Å². The van der Waals surface area contributed by atoms with Crippen LogP contribution in [0.5, 0.6) is 11.6 Å². The summed E-state index contributed by atoms with van der Waals surface area (Å²) >= 11 is 0. The second-order valence-corrected chi connectivity index (χ2v) is 8.64. The fourth-order valence-corrected chi connectivity index (χ4v) is 4.95. The number of aromatic hydroxyl groups is 1. The van der Waals surface area contributed by atoms with Crippen LogP contribution in [0.25, 0.3) is 10.8 Å². The van der Waals surface area contributed by atoms with E-state index in [1.165, 1.54) is 37.4 Å². The van der Waals surface area contributed by atoms with E-state index >= 15 is 0 Å². The van der Waals surface area contributed by atoms with Crippen molar-refractivity contribution >= 4 is 20.6 Å². The van der Waals surface area contributed by atoms with Crippen LogP contribution in [0.4, 0.5) is 0 Å². The maximum absolute atomic E-state index is 13.5. The predicted octanol–water partition coefficient (Wildman–Crippen LogP) is 3.60. The lowest BCUT2D eigenvalue weighted by molar-refractivity contribution is 0.401. The van der Waals surface area contributed by atoms with Crippen molar-refractivity contribution in [2.45, 2.75) is 16.3 Å². The largest absolute Gasteiger partial charge is 0.497 e. The van der Waals surface area contributed by atoms with Gasteiger partial charge in [-0.1, -0.05) is 48.5 Å². The molecule has 0 aliphatic carbocycles. The van der Waals surface area contributed by atoms with Crippen molar-refractivity contribution in [1.82, 2.24) is 4.57 Å². The minimum Gasteiger partial charge on any atom is -0.497 e. The molecule has 0 atom stereocenters. The summed E-state index contributed by atoms with van der Waals surface area (Å²) in [5.74, 6) is -0.0737. The van der Waals surface area contributed by atoms with E-state index in [9.17, 15) is 18.3 Å². The first-order chi connectivity index (χ1) is 14.4. The summed E-state index contributed by atoms with van der Waals surface area (Å²) in [6.45, 7) is 0.0431. The van der Waals surface area contributed by atoms with Crippen LogP contribution in [0.2, 0.25) is 0 Å². The number of fused-ring (bicyclic) bond motifs is 1. The second kappa shape index (κ2) is 7.68. The molecular formula is C23H19NO5S. The van der Waals surface area contributed by atoms with Gasteiger partial charge in [0.15, 0.2) is 0 Å². The summed E-state index contributed by atoms with van der Waals surface area (Å²) in [6, 6.07) is 21.4. The maximum atomic E-state index is 13.5. The molecule has 152 valence electrons. The van der Waals surface area contributed by atoms with Crippen molar-refractivity contribution in [3.63, 3.8) is 0 Å². The van der Waals surface area contributed by atoms with Crippen molar-refractivity contribution < 1.29 is 18.3 Å². The molecule has 0 radical (unpaired) electrons. The molecule has 0 fully saturated rings. The molecule has 0 saturated heterocycles. The Hall–Kier alpha value is -3.58. The zero-order valence-corrected chi connectivity index (χ0v) is 17.0. The highest BCUT2D eigenvalue weighted by atomic mass is 32.2. The van der Waals surface area contributed by atoms with Crippen molar-refractivity contribution in [2.24, 2.45) is 0 Å². The molecule has 0 aliphatic rings. The van der Waals surface area contributed by atoms with Crippen LogP contribution in [-0.2, 0) is 16.4 Å². The Labute approximate surface area is 173 Å². The van der Waals surface area contributed by atoms with E-state index in [0.29, 0.717) is 5.75 Å². The molecule has 30 heavy (non-hydrogen) atoms. The molecule has 1 N–H and O–H groups in total. The van der Waals surface area contributed by atoms with Gasteiger partial charge in [-0.15, -0.1) is 0 Å². The van der Waals surface area contributed by atoms with Gasteiger partial charge in [0.2, 0.25) is 15.7 Å². The molecule has 0 saturated carbocycles. The Morgan fingerprint density at radius 1 is 0.867 bits per heavy atom. The molecule has 4 aromatic rings. The van der Waals surface area contributed by atoms with Crippen LogP contribution in [0, 0.1) is 0 Å². The minimum absolute atomic E-state index is 0.00587. The first kappa shape index (κ1) is 19.7. The van der Waals surface area contributed by atoms with Crippen molar-refractivity contribution in [3.8, 4) is 11.6 Å². The molecule has 0 amide bonds. The quantitative estimate of drug-likeness (QED) is 0.532. The number of ether oxygens (including phenoxy) is 1. The van der Waals surface area contributed by atoms with E-state index in [1.807, 2.05) is 18.2 Å². The minimum atomic E-state index is -4.12. The Balaban J connectivity index is 2.00. The first-order valence-corrected chi connectivity index (χ1v) is 10.7. The summed E-state index contributed by atoms with van der Waals surface area (Å²) in [7, 11) is -2.63. The molecule has 4 rings (SSSR count). The molecule has 7 heteroatoms. The number of pyridine rings is 1. The highest BCUT2D eigenvalue weighted by molar-refractivity contribution is 7.91. The van der Waals surface area contributed by atoms with E-state index < -0.39 is 21.3 Å². The van der Waals surface area contributed by atoms with Gasteiger partial charge in [0.05, 0.1) is 18.6 Å². The summed E-state index contributed by atoms with van der Waals surface area (Å²) in [5, 5.41) is 11.4. The zero-order chi connectivity index (χ0) is 21.3. The number of sulfone groups is 1. The molecule has 1 aromatic heterocycles. The molecule has 0 aliphatic heterocycles. The van der Waals surface area contributed by atoms with Gasteiger partial charge < -0.3 is 9.84 Å². The summed E-state index contributed by atoms with van der Waals surface area (Å²) in [6.07, 6.45) is 0. The third-order valence-corrected chi connectivity index (χ3v) is 6.76. The van der Waals surface area contributed by atoms with Gasteiger partial charge in [-0.05, 0) is 35.9 Å². The van der Waals surface area contributed by atoms with Crippen LogP contribution in [0.15, 0.2) is 93.4 Å². The monoisotopic (exact) mass is 421 g/mol. The van der Waals surface area contributed by atoms with Crippen LogP contribution < -0.4 is 10.3 Å². The molecule has 1 heterocycles. The van der Waals surface area contributed by atoms with E-state index in [2.05, 4.69) is 0 Å². The Morgan fingerprint density at radius 3 is 2.10 bits per heavy atom. The predicted molar refractivity (Wildman–Crippen MR) is 114 cm³/mol. The molecule has 6 nitrogen and oxygen atoms in total. The van der Waals surface area contributed by atoms with Crippen molar-refractivity contribution in [2.75, 3.05) is 7.11 Å². The Kier molecular flexibility index (Phi) is 5.05. The maximum Gasteiger partial charge on any atom is 0.261 e. The number of methoxy groups -OCH3 is 1. The number of benzene rings is 3. The lowest BCUT2D eigenvalue weighted by atomic mass is 10.1. The van der Waals surface area contributed by atoms with Crippen molar-refractivity contribution in [1.29, 1.82) is 0 Å². The normalized spacial score (nSPS) is 11.5. The molecular weight excluding hydrogens is 402 g/mol. The standard InChI is InChI=1S/C23H19NO5S/c1-29-17-11-13-18(14-12-17)30(27,28)21-19-9-5-6-10-20(19)22(25)24(23(21)26)15-16-7-3-2-4-8-16/h2-14,26H,15H2,1H3. The van der Waals surface area contributed by atoms with E-state index in [0.717, 1.165) is 10.1 Å². The van der Waals surface area contributed by atoms with Crippen LogP contribution in [0.3, 0.4) is 0 Å². The number of hydrogen-bond donors (Lipinski definition) is 1. The van der Waals surface area contributed by atoms with E-state index in [4.69, 9.17) is 4.74 Å². The summed E-state index contributed by atoms with van der Waals surface area (Å²) < 4.78 is 33.1. The SMILES string of the molecule is COc1ccc(S(=O)(=O)c2c(O)n(Cc3ccccc3)c(=O)c3ccccc23)cc1. The highest BCUT2D eigenvalue weighted by Crippen LogP contribution is 2.34. The second-order valence-electron chi connectivity index (χ2n) is 6.75. The third-order valence-electron chi connectivity index (χ3n) is 4.93. The molecule has 0 bridgehead atoms. The first-order valence-electron chi connectivity index (χ1n) is 9.21. The lowest BCUT2D eigenvalue weighted by Gasteiger charge is -2.16. The third kappa shape index (κ3) is 3.33.